The number of carbonyl (C=O) groups excluding carboxylic acids is 1. The molecule has 0 atom stereocenters. The highest BCUT2D eigenvalue weighted by molar-refractivity contribution is 6.30. The van der Waals surface area contributed by atoms with Crippen molar-refractivity contribution in [1.82, 2.24) is 0 Å². The minimum atomic E-state index is -0.176. The molecule has 23 heavy (non-hydrogen) atoms. The second-order valence-corrected chi connectivity index (χ2v) is 6.25. The Bertz CT molecular complexity index is 795. The molecule has 0 aromatic heterocycles. The first-order chi connectivity index (χ1) is 11.0. The molecule has 2 aromatic carbocycles. The highest BCUT2D eigenvalue weighted by Crippen LogP contribution is 2.39. The average molecular weight is 331 g/mol. The van der Waals surface area contributed by atoms with Crippen molar-refractivity contribution < 1.29 is 19.5 Å². The van der Waals surface area contributed by atoms with Crippen molar-refractivity contribution in [1.29, 1.82) is 0 Å². The molecule has 0 aliphatic carbocycles. The van der Waals surface area contributed by atoms with E-state index in [-0.39, 0.29) is 17.3 Å². The van der Waals surface area contributed by atoms with E-state index in [0.29, 0.717) is 28.4 Å². The molecular formula is C18H17ClNO3+. The number of nitrogens with one attached hydrogen (secondary N) is 1. The number of hydrogen-bond acceptors (Lipinski definition) is 3. The van der Waals surface area contributed by atoms with E-state index in [0.717, 1.165) is 10.5 Å². The lowest BCUT2D eigenvalue weighted by Crippen LogP contribution is -3.04. The lowest BCUT2D eigenvalue weighted by molar-refractivity contribution is -0.872. The zero-order valence-corrected chi connectivity index (χ0v) is 13.6. The second-order valence-electron chi connectivity index (χ2n) is 5.82. The number of Topliss-reactive ketones (excluding diaryl/α,β-unsaturated/α-hetero) is 1. The Hall–Kier alpha value is -2.30. The van der Waals surface area contributed by atoms with Crippen LogP contribution in [0.2, 0.25) is 5.02 Å². The third-order valence-electron chi connectivity index (χ3n) is 3.61. The standard InChI is InChI=1S/C18H16ClNO3/c1-20(2)10-14-15(21)8-7-13-17(22)16(23-18(13)14)9-11-3-5-12(19)6-4-11/h3-9,21H,10H2,1-2H3/p+1. The lowest BCUT2D eigenvalue weighted by atomic mass is 10.0. The number of phenolic OH excluding ortho intramolecular Hbond substituents is 1. The normalized spacial score (nSPS) is 15.1. The molecule has 1 aliphatic heterocycles. The van der Waals surface area contributed by atoms with Crippen LogP contribution >= 0.6 is 11.6 Å². The fourth-order valence-electron chi connectivity index (χ4n) is 2.53. The predicted octanol–water partition coefficient (Wildman–Crippen LogP) is 2.31. The van der Waals surface area contributed by atoms with Gasteiger partial charge in [0.25, 0.3) is 0 Å². The number of ketones is 1. The van der Waals surface area contributed by atoms with Crippen molar-refractivity contribution in [2.24, 2.45) is 0 Å². The maximum absolute atomic E-state index is 12.5. The Balaban J connectivity index is 2.00. The molecule has 0 saturated heterocycles. The van der Waals surface area contributed by atoms with Crippen LogP contribution in [0.4, 0.5) is 0 Å². The number of rotatable bonds is 3. The first-order valence-electron chi connectivity index (χ1n) is 7.29. The largest absolute Gasteiger partial charge is 0.507 e. The topological polar surface area (TPSA) is 51.0 Å². The van der Waals surface area contributed by atoms with Crippen LogP contribution in [0.1, 0.15) is 21.5 Å². The maximum atomic E-state index is 12.5. The molecule has 2 aromatic rings. The quantitative estimate of drug-likeness (QED) is 0.849. The van der Waals surface area contributed by atoms with E-state index in [9.17, 15) is 9.90 Å². The molecular weight excluding hydrogens is 314 g/mol. The number of halogens is 1. The minimum absolute atomic E-state index is 0.144. The average Bonchev–Trinajstić information content (AvgIpc) is 2.81. The molecule has 118 valence electrons. The van der Waals surface area contributed by atoms with Gasteiger partial charge in [0.2, 0.25) is 5.78 Å². The van der Waals surface area contributed by atoms with Crippen molar-refractivity contribution in [3.63, 3.8) is 0 Å². The minimum Gasteiger partial charge on any atom is -0.507 e. The Kier molecular flexibility index (Phi) is 4.11. The van der Waals surface area contributed by atoms with Crippen molar-refractivity contribution in [2.75, 3.05) is 14.1 Å². The Labute approximate surface area is 139 Å². The van der Waals surface area contributed by atoms with Crippen molar-refractivity contribution in [3.05, 3.63) is 63.9 Å². The second kappa shape index (κ2) is 6.07. The Morgan fingerprint density at radius 3 is 2.52 bits per heavy atom. The summed E-state index contributed by atoms with van der Waals surface area (Å²) in [6.45, 7) is 0.566. The molecule has 0 saturated carbocycles. The highest BCUT2D eigenvalue weighted by Gasteiger charge is 2.31. The molecule has 2 N–H and O–H groups in total. The number of phenols is 1. The fraction of sp³-hybridized carbons (Fsp3) is 0.167. The summed E-state index contributed by atoms with van der Waals surface area (Å²) < 4.78 is 5.77. The van der Waals surface area contributed by atoms with Gasteiger partial charge >= 0.3 is 0 Å². The van der Waals surface area contributed by atoms with Crippen LogP contribution in [-0.4, -0.2) is 25.0 Å². The molecule has 0 spiro atoms. The van der Waals surface area contributed by atoms with Gasteiger partial charge in [0.05, 0.1) is 25.2 Å². The van der Waals surface area contributed by atoms with Gasteiger partial charge in [-0.3, -0.25) is 4.79 Å². The smallest absolute Gasteiger partial charge is 0.231 e. The van der Waals surface area contributed by atoms with Crippen LogP contribution in [0.15, 0.2) is 42.2 Å². The summed E-state index contributed by atoms with van der Waals surface area (Å²) in [5.74, 6) is 0.676. The molecule has 0 fully saturated rings. The van der Waals surface area contributed by atoms with Crippen molar-refractivity contribution >= 4 is 23.5 Å². The molecule has 0 radical (unpaired) electrons. The first-order valence-corrected chi connectivity index (χ1v) is 7.67. The van der Waals surface area contributed by atoms with E-state index in [1.54, 1.807) is 30.3 Å². The van der Waals surface area contributed by atoms with Crippen LogP contribution in [0.3, 0.4) is 0 Å². The first kappa shape index (κ1) is 15.6. The van der Waals surface area contributed by atoms with E-state index in [1.165, 1.54) is 0 Å². The zero-order chi connectivity index (χ0) is 16.6. The number of fused-ring (bicyclic) bond motifs is 1. The van der Waals surface area contributed by atoms with Gasteiger partial charge in [0.1, 0.15) is 12.3 Å². The van der Waals surface area contributed by atoms with Gasteiger partial charge in [-0.05, 0) is 35.9 Å². The molecule has 3 rings (SSSR count). The number of aromatic hydroxyl groups is 1. The number of benzene rings is 2. The summed E-state index contributed by atoms with van der Waals surface area (Å²) in [7, 11) is 3.94. The van der Waals surface area contributed by atoms with E-state index in [2.05, 4.69) is 0 Å². The van der Waals surface area contributed by atoms with E-state index in [1.807, 2.05) is 26.2 Å². The predicted molar refractivity (Wildman–Crippen MR) is 89.0 cm³/mol. The summed E-state index contributed by atoms with van der Waals surface area (Å²) >= 11 is 5.87. The van der Waals surface area contributed by atoms with Gasteiger partial charge in [-0.15, -0.1) is 0 Å². The van der Waals surface area contributed by atoms with Crippen LogP contribution in [0, 0.1) is 0 Å². The van der Waals surface area contributed by atoms with Gasteiger partial charge in [-0.25, -0.2) is 0 Å². The summed E-state index contributed by atoms with van der Waals surface area (Å²) in [6, 6.07) is 10.3. The number of allylic oxidation sites excluding steroid dienone is 1. The third kappa shape index (κ3) is 3.09. The molecule has 5 heteroatoms. The van der Waals surface area contributed by atoms with Crippen molar-refractivity contribution in [3.8, 4) is 11.5 Å². The van der Waals surface area contributed by atoms with Crippen LogP contribution in [0.5, 0.6) is 11.5 Å². The van der Waals surface area contributed by atoms with Gasteiger partial charge in [-0.1, -0.05) is 23.7 Å². The molecule has 0 bridgehead atoms. The zero-order valence-electron chi connectivity index (χ0n) is 12.9. The molecule has 1 aliphatic rings. The third-order valence-corrected chi connectivity index (χ3v) is 3.87. The van der Waals surface area contributed by atoms with Gasteiger partial charge in [0.15, 0.2) is 11.5 Å². The summed E-state index contributed by atoms with van der Waals surface area (Å²) in [6.07, 6.45) is 1.68. The summed E-state index contributed by atoms with van der Waals surface area (Å²) in [5.41, 5.74) is 1.96. The Morgan fingerprint density at radius 2 is 1.87 bits per heavy atom. The van der Waals surface area contributed by atoms with E-state index >= 15 is 0 Å². The molecule has 0 unspecified atom stereocenters. The monoisotopic (exact) mass is 330 g/mol. The number of quaternary nitrogens is 1. The van der Waals surface area contributed by atoms with Gasteiger partial charge in [-0.2, -0.15) is 0 Å². The van der Waals surface area contributed by atoms with Gasteiger partial charge in [0, 0.05) is 5.02 Å². The van der Waals surface area contributed by atoms with Crippen molar-refractivity contribution in [2.45, 2.75) is 6.54 Å². The number of ether oxygens (including phenoxy) is 1. The number of hydrogen-bond donors (Lipinski definition) is 2. The molecule has 4 nitrogen and oxygen atoms in total. The van der Waals surface area contributed by atoms with Crippen LogP contribution in [-0.2, 0) is 6.54 Å². The highest BCUT2D eigenvalue weighted by atomic mass is 35.5. The van der Waals surface area contributed by atoms with Crippen LogP contribution in [0.25, 0.3) is 6.08 Å². The number of carbonyl (C=O) groups is 1. The Morgan fingerprint density at radius 1 is 1.17 bits per heavy atom. The van der Waals surface area contributed by atoms with E-state index < -0.39 is 0 Å². The SMILES string of the molecule is C[NH+](C)Cc1c(O)ccc2c1OC(=Cc1ccc(Cl)cc1)C2=O. The van der Waals surface area contributed by atoms with Gasteiger partial charge < -0.3 is 14.7 Å². The summed E-state index contributed by atoms with van der Waals surface area (Å²) in [4.78, 5) is 13.6. The molecule has 0 amide bonds. The van der Waals surface area contributed by atoms with E-state index in [4.69, 9.17) is 16.3 Å². The summed E-state index contributed by atoms with van der Waals surface area (Å²) in [5, 5.41) is 10.7. The lowest BCUT2D eigenvalue weighted by Gasteiger charge is -2.11. The molecule has 1 heterocycles. The maximum Gasteiger partial charge on any atom is 0.231 e. The fourth-order valence-corrected chi connectivity index (χ4v) is 2.66. The van der Waals surface area contributed by atoms with Crippen LogP contribution < -0.4 is 9.64 Å².